The van der Waals surface area contributed by atoms with Crippen LogP contribution in [0.1, 0.15) is 19.3 Å². The van der Waals surface area contributed by atoms with Gasteiger partial charge in [0.1, 0.15) is 0 Å². The van der Waals surface area contributed by atoms with Crippen LogP contribution >= 0.6 is 0 Å². The molecule has 27 heavy (non-hydrogen) atoms. The molecule has 7 nitrogen and oxygen atoms in total. The fraction of sp³-hybridized carbons (Fsp3) is 0.350. The van der Waals surface area contributed by atoms with Gasteiger partial charge >= 0.3 is 6.03 Å². The van der Waals surface area contributed by atoms with Crippen molar-refractivity contribution in [1.82, 2.24) is 19.7 Å². The summed E-state index contributed by atoms with van der Waals surface area (Å²) in [6, 6.07) is 9.51. The number of benzene rings is 1. The number of hydrogen-bond donors (Lipinski definition) is 1. The number of aryl methyl sites for hydroxylation is 1. The van der Waals surface area contributed by atoms with Crippen molar-refractivity contribution < 1.29 is 9.21 Å². The summed E-state index contributed by atoms with van der Waals surface area (Å²) in [5.74, 6) is 1.33. The molecule has 3 heterocycles. The van der Waals surface area contributed by atoms with Gasteiger partial charge in [-0.15, -0.1) is 0 Å². The zero-order chi connectivity index (χ0) is 18.5. The van der Waals surface area contributed by atoms with Crippen LogP contribution in [0.5, 0.6) is 0 Å². The van der Waals surface area contributed by atoms with Gasteiger partial charge in [0.15, 0.2) is 12.2 Å². The summed E-state index contributed by atoms with van der Waals surface area (Å²) in [4.78, 5) is 18.4. The van der Waals surface area contributed by atoms with Gasteiger partial charge < -0.3 is 14.6 Å². The van der Waals surface area contributed by atoms with Crippen molar-refractivity contribution in [3.63, 3.8) is 0 Å². The fourth-order valence-electron chi connectivity index (χ4n) is 3.48. The summed E-state index contributed by atoms with van der Waals surface area (Å²) in [6.45, 7) is 2.52. The number of urea groups is 1. The van der Waals surface area contributed by atoms with Crippen LogP contribution in [0.4, 0.5) is 10.5 Å². The number of piperidine rings is 1. The van der Waals surface area contributed by atoms with E-state index in [1.807, 2.05) is 52.3 Å². The van der Waals surface area contributed by atoms with Gasteiger partial charge in [-0.2, -0.15) is 5.10 Å². The molecule has 2 amide bonds. The molecule has 2 aromatic heterocycles. The average molecular weight is 365 g/mol. The van der Waals surface area contributed by atoms with Crippen molar-refractivity contribution in [3.8, 4) is 11.3 Å². The molecule has 1 fully saturated rings. The minimum Gasteiger partial charge on any atom is -0.444 e. The van der Waals surface area contributed by atoms with Gasteiger partial charge in [0.25, 0.3) is 0 Å². The largest absolute Gasteiger partial charge is 0.444 e. The monoisotopic (exact) mass is 365 g/mol. The first-order chi connectivity index (χ1) is 13.3. The summed E-state index contributed by atoms with van der Waals surface area (Å²) < 4.78 is 7.29. The number of nitrogens with one attached hydrogen (secondary N) is 1. The second-order valence-corrected chi connectivity index (χ2v) is 6.86. The molecule has 1 aliphatic heterocycles. The van der Waals surface area contributed by atoms with Gasteiger partial charge in [-0.1, -0.05) is 12.1 Å². The van der Waals surface area contributed by atoms with Crippen LogP contribution in [0.15, 0.2) is 59.7 Å². The highest BCUT2D eigenvalue weighted by Gasteiger charge is 2.22. The molecule has 140 valence electrons. The molecule has 4 rings (SSSR count). The van der Waals surface area contributed by atoms with Crippen LogP contribution in [-0.2, 0) is 6.54 Å². The number of carbonyl (C=O) groups is 1. The van der Waals surface area contributed by atoms with E-state index in [2.05, 4.69) is 15.4 Å². The van der Waals surface area contributed by atoms with E-state index in [4.69, 9.17) is 4.42 Å². The van der Waals surface area contributed by atoms with Crippen molar-refractivity contribution in [3.05, 3.63) is 55.3 Å². The lowest BCUT2D eigenvalue weighted by Gasteiger charge is -2.32. The van der Waals surface area contributed by atoms with E-state index in [1.165, 1.54) is 6.39 Å². The highest BCUT2D eigenvalue weighted by atomic mass is 16.3. The molecule has 0 radical (unpaired) electrons. The number of oxazole rings is 1. The Balaban J connectivity index is 1.28. The van der Waals surface area contributed by atoms with Crippen LogP contribution in [-0.4, -0.2) is 38.8 Å². The standard InChI is InChI=1S/C20H23N5O2/c26-20(23-18-4-1-3-17(13-18)19-14-21-15-27-19)24-10-5-16(6-11-24)7-12-25-9-2-8-22-25/h1-4,8-9,13-16H,5-7,10-12H2,(H,23,26). The number of rotatable bonds is 5. The highest BCUT2D eigenvalue weighted by Crippen LogP contribution is 2.24. The Bertz CT molecular complexity index is 852. The lowest BCUT2D eigenvalue weighted by molar-refractivity contribution is 0.177. The van der Waals surface area contributed by atoms with E-state index >= 15 is 0 Å². The minimum atomic E-state index is -0.0461. The second-order valence-electron chi connectivity index (χ2n) is 6.86. The molecule has 7 heteroatoms. The van der Waals surface area contributed by atoms with Gasteiger partial charge in [0, 0.05) is 43.3 Å². The zero-order valence-corrected chi connectivity index (χ0v) is 15.1. The molecule has 3 aromatic rings. The quantitative estimate of drug-likeness (QED) is 0.745. The molecule has 0 unspecified atom stereocenters. The first-order valence-corrected chi connectivity index (χ1v) is 9.30. The summed E-state index contributed by atoms with van der Waals surface area (Å²) >= 11 is 0. The number of anilines is 1. The van der Waals surface area contributed by atoms with Crippen LogP contribution in [0.25, 0.3) is 11.3 Å². The van der Waals surface area contributed by atoms with Gasteiger partial charge in [0.2, 0.25) is 0 Å². The molecular formula is C20H23N5O2. The molecule has 0 spiro atoms. The van der Waals surface area contributed by atoms with E-state index in [1.54, 1.807) is 6.20 Å². The molecule has 1 N–H and O–H groups in total. The van der Waals surface area contributed by atoms with E-state index < -0.39 is 0 Å². The normalized spacial score (nSPS) is 15.0. The molecule has 1 aliphatic rings. The van der Waals surface area contributed by atoms with E-state index in [0.29, 0.717) is 11.7 Å². The molecule has 0 atom stereocenters. The van der Waals surface area contributed by atoms with Gasteiger partial charge in [0.05, 0.1) is 6.20 Å². The molecule has 0 aliphatic carbocycles. The molecule has 1 aromatic carbocycles. The Morgan fingerprint density at radius 3 is 2.89 bits per heavy atom. The van der Waals surface area contributed by atoms with Crippen molar-refractivity contribution in [1.29, 1.82) is 0 Å². The van der Waals surface area contributed by atoms with Crippen LogP contribution in [0.2, 0.25) is 0 Å². The summed E-state index contributed by atoms with van der Waals surface area (Å²) in [5.41, 5.74) is 1.65. The zero-order valence-electron chi connectivity index (χ0n) is 15.1. The lowest BCUT2D eigenvalue weighted by Crippen LogP contribution is -2.41. The maximum absolute atomic E-state index is 12.6. The van der Waals surface area contributed by atoms with Gasteiger partial charge in [-0.25, -0.2) is 9.78 Å². The molecule has 0 bridgehead atoms. The molecular weight excluding hydrogens is 342 g/mol. The highest BCUT2D eigenvalue weighted by molar-refractivity contribution is 5.90. The number of nitrogens with zero attached hydrogens (tertiary/aromatic N) is 4. The maximum atomic E-state index is 12.6. The fourth-order valence-corrected chi connectivity index (χ4v) is 3.48. The van der Waals surface area contributed by atoms with Crippen molar-refractivity contribution >= 4 is 11.7 Å². The third-order valence-corrected chi connectivity index (χ3v) is 5.06. The van der Waals surface area contributed by atoms with Crippen LogP contribution in [0, 0.1) is 5.92 Å². The first kappa shape index (κ1) is 17.3. The van der Waals surface area contributed by atoms with Crippen LogP contribution in [0.3, 0.4) is 0 Å². The number of aromatic nitrogens is 3. The predicted molar refractivity (Wildman–Crippen MR) is 102 cm³/mol. The van der Waals surface area contributed by atoms with Gasteiger partial charge in [-0.05, 0) is 43.4 Å². The summed E-state index contributed by atoms with van der Waals surface area (Å²) in [6.07, 6.45) is 10.0. The Hall–Kier alpha value is -3.09. The number of hydrogen-bond acceptors (Lipinski definition) is 4. The first-order valence-electron chi connectivity index (χ1n) is 9.30. The van der Waals surface area contributed by atoms with E-state index in [0.717, 1.165) is 50.1 Å². The number of likely N-dealkylation sites (tertiary alicyclic amines) is 1. The van der Waals surface area contributed by atoms with Crippen molar-refractivity contribution in [2.24, 2.45) is 5.92 Å². The SMILES string of the molecule is O=C(Nc1cccc(-c2cnco2)c1)N1CCC(CCn2cccn2)CC1. The van der Waals surface area contributed by atoms with Crippen molar-refractivity contribution in [2.75, 3.05) is 18.4 Å². The summed E-state index contributed by atoms with van der Waals surface area (Å²) in [5, 5.41) is 7.24. The topological polar surface area (TPSA) is 76.2 Å². The molecule has 0 saturated carbocycles. The third kappa shape index (κ3) is 4.36. The third-order valence-electron chi connectivity index (χ3n) is 5.06. The van der Waals surface area contributed by atoms with Crippen LogP contribution < -0.4 is 5.32 Å². The smallest absolute Gasteiger partial charge is 0.321 e. The Kier molecular flexibility index (Phi) is 5.18. The minimum absolute atomic E-state index is 0.0461. The van der Waals surface area contributed by atoms with Crippen molar-refractivity contribution in [2.45, 2.75) is 25.8 Å². The maximum Gasteiger partial charge on any atom is 0.321 e. The summed E-state index contributed by atoms with van der Waals surface area (Å²) in [7, 11) is 0. The van der Waals surface area contributed by atoms with E-state index in [-0.39, 0.29) is 6.03 Å². The Morgan fingerprint density at radius 2 is 2.15 bits per heavy atom. The second kappa shape index (κ2) is 8.07. The van der Waals surface area contributed by atoms with E-state index in [9.17, 15) is 4.79 Å². The Morgan fingerprint density at radius 1 is 1.26 bits per heavy atom. The average Bonchev–Trinajstić information content (AvgIpc) is 3.41. The predicted octanol–water partition coefficient (Wildman–Crippen LogP) is 3.87. The van der Waals surface area contributed by atoms with Gasteiger partial charge in [-0.3, -0.25) is 4.68 Å². The Labute approximate surface area is 158 Å². The molecule has 1 saturated heterocycles. The number of amides is 2. The number of carbonyl (C=O) groups excluding carboxylic acids is 1. The lowest BCUT2D eigenvalue weighted by atomic mass is 9.94.